The van der Waals surface area contributed by atoms with E-state index in [1.54, 1.807) is 17.9 Å². The Hall–Kier alpha value is -1.93. The van der Waals surface area contributed by atoms with E-state index in [-0.39, 0.29) is 23.9 Å². The number of aliphatic hydroxyl groups excluding tert-OH is 1. The van der Waals surface area contributed by atoms with Crippen LogP contribution in [0, 0.1) is 0 Å². The van der Waals surface area contributed by atoms with E-state index >= 15 is 0 Å². The van der Waals surface area contributed by atoms with Crippen molar-refractivity contribution in [2.24, 2.45) is 14.1 Å². The van der Waals surface area contributed by atoms with Crippen molar-refractivity contribution in [2.45, 2.75) is 19.5 Å². The normalized spacial score (nSPS) is 13.0. The molecule has 1 atom stereocenters. The van der Waals surface area contributed by atoms with Crippen molar-refractivity contribution in [3.8, 4) is 0 Å². The fourth-order valence-electron chi connectivity index (χ4n) is 2.14. The Morgan fingerprint density at radius 1 is 1.35 bits per heavy atom. The maximum atomic E-state index is 12.2. The number of nitrogens with two attached hydrogens (primary N) is 1. The standard InChI is InChI=1S/C12H19N5O3/c1-8(6-18)13-4-5-17-7-14-10-9(17)11(19)16(3)12(20)15(10)2/h7-8,13,18H,4-6H2,1-3H3/p+1/t8-/m0/s1. The molecule has 3 N–H and O–H groups in total. The first-order valence-corrected chi connectivity index (χ1v) is 6.52. The third kappa shape index (κ3) is 2.39. The molecule has 0 saturated heterocycles. The van der Waals surface area contributed by atoms with E-state index in [0.29, 0.717) is 17.7 Å². The third-order valence-corrected chi connectivity index (χ3v) is 3.44. The Kier molecular flexibility index (Phi) is 4.05. The molecular weight excluding hydrogens is 262 g/mol. The van der Waals surface area contributed by atoms with Crippen LogP contribution in [0.15, 0.2) is 15.9 Å². The van der Waals surface area contributed by atoms with Crippen molar-refractivity contribution >= 4 is 11.2 Å². The summed E-state index contributed by atoms with van der Waals surface area (Å²) >= 11 is 0. The largest absolute Gasteiger partial charge is 0.390 e. The van der Waals surface area contributed by atoms with Gasteiger partial charge < -0.3 is 15.0 Å². The lowest BCUT2D eigenvalue weighted by Crippen LogP contribution is -2.90. The Bertz CT molecular complexity index is 727. The fourth-order valence-corrected chi connectivity index (χ4v) is 2.14. The van der Waals surface area contributed by atoms with Crippen molar-refractivity contribution < 1.29 is 10.4 Å². The number of nitrogens with zero attached hydrogens (tertiary/aromatic N) is 4. The van der Waals surface area contributed by atoms with Crippen LogP contribution in [0.5, 0.6) is 0 Å². The number of quaternary nitrogens is 1. The Morgan fingerprint density at radius 2 is 2.05 bits per heavy atom. The summed E-state index contributed by atoms with van der Waals surface area (Å²) in [4.78, 5) is 28.1. The van der Waals surface area contributed by atoms with Crippen molar-refractivity contribution in [2.75, 3.05) is 13.2 Å². The van der Waals surface area contributed by atoms with Crippen LogP contribution >= 0.6 is 0 Å². The molecule has 0 aliphatic heterocycles. The summed E-state index contributed by atoms with van der Waals surface area (Å²) < 4.78 is 4.20. The Balaban J connectivity index is 2.37. The predicted octanol–water partition coefficient (Wildman–Crippen LogP) is -2.62. The van der Waals surface area contributed by atoms with Gasteiger partial charge in [0.15, 0.2) is 11.2 Å². The van der Waals surface area contributed by atoms with E-state index in [1.165, 1.54) is 11.6 Å². The number of hydrogen-bond acceptors (Lipinski definition) is 4. The molecule has 0 aliphatic carbocycles. The third-order valence-electron chi connectivity index (χ3n) is 3.44. The Labute approximate surface area is 115 Å². The average Bonchev–Trinajstić information content (AvgIpc) is 2.86. The molecule has 0 bridgehead atoms. The van der Waals surface area contributed by atoms with Crippen LogP contribution in [0.2, 0.25) is 0 Å². The Morgan fingerprint density at radius 3 is 2.70 bits per heavy atom. The minimum atomic E-state index is -0.381. The minimum absolute atomic E-state index is 0.112. The van der Waals surface area contributed by atoms with Crippen LogP contribution in [-0.2, 0) is 20.6 Å². The van der Waals surface area contributed by atoms with E-state index in [2.05, 4.69) is 4.98 Å². The first-order valence-electron chi connectivity index (χ1n) is 6.52. The molecule has 20 heavy (non-hydrogen) atoms. The van der Waals surface area contributed by atoms with Gasteiger partial charge >= 0.3 is 5.69 Å². The van der Waals surface area contributed by atoms with Crippen LogP contribution in [0.3, 0.4) is 0 Å². The van der Waals surface area contributed by atoms with E-state index in [9.17, 15) is 9.59 Å². The zero-order chi connectivity index (χ0) is 14.9. The van der Waals surface area contributed by atoms with E-state index in [4.69, 9.17) is 5.11 Å². The SMILES string of the molecule is C[C@@H](CO)[NH2+]CCn1cnc2c1c(=O)n(C)c(=O)n2C. The van der Waals surface area contributed by atoms with Gasteiger partial charge in [-0.15, -0.1) is 0 Å². The summed E-state index contributed by atoms with van der Waals surface area (Å²) in [5.41, 5.74) is 0.108. The summed E-state index contributed by atoms with van der Waals surface area (Å²) in [6, 6.07) is 0.122. The van der Waals surface area contributed by atoms with Crippen LogP contribution < -0.4 is 16.6 Å². The molecule has 0 aromatic carbocycles. The maximum absolute atomic E-state index is 12.2. The fraction of sp³-hybridized carbons (Fsp3) is 0.583. The molecule has 0 unspecified atom stereocenters. The molecule has 0 aliphatic rings. The molecule has 0 saturated carbocycles. The smallest absolute Gasteiger partial charge is 0.332 e. The minimum Gasteiger partial charge on any atom is -0.390 e. The number of aliphatic hydroxyl groups is 1. The molecule has 2 aromatic heterocycles. The number of imidazole rings is 1. The second-order valence-corrected chi connectivity index (χ2v) is 5.00. The van der Waals surface area contributed by atoms with Crippen LogP contribution in [0.4, 0.5) is 0 Å². The second-order valence-electron chi connectivity index (χ2n) is 5.00. The summed E-state index contributed by atoms with van der Waals surface area (Å²) in [6.45, 7) is 3.35. The lowest BCUT2D eigenvalue weighted by Gasteiger charge is -2.09. The zero-order valence-corrected chi connectivity index (χ0v) is 11.9. The molecule has 0 spiro atoms. The maximum Gasteiger partial charge on any atom is 0.332 e. The van der Waals surface area contributed by atoms with Gasteiger partial charge in [0.25, 0.3) is 5.56 Å². The van der Waals surface area contributed by atoms with E-state index < -0.39 is 0 Å². The highest BCUT2D eigenvalue weighted by molar-refractivity contribution is 5.69. The molecule has 0 fully saturated rings. The number of aryl methyl sites for hydroxylation is 1. The number of fused-ring (bicyclic) bond motifs is 1. The molecule has 110 valence electrons. The summed E-state index contributed by atoms with van der Waals surface area (Å²) in [5.74, 6) is 0. The van der Waals surface area contributed by atoms with E-state index in [1.807, 2.05) is 12.2 Å². The van der Waals surface area contributed by atoms with Crippen molar-refractivity contribution in [1.82, 2.24) is 18.7 Å². The lowest BCUT2D eigenvalue weighted by molar-refractivity contribution is -0.688. The van der Waals surface area contributed by atoms with Gasteiger partial charge in [0.05, 0.1) is 26.0 Å². The van der Waals surface area contributed by atoms with Gasteiger partial charge in [-0.25, -0.2) is 9.78 Å². The van der Waals surface area contributed by atoms with Crippen LogP contribution in [0.25, 0.3) is 11.2 Å². The molecule has 2 heterocycles. The monoisotopic (exact) mass is 282 g/mol. The number of hydrogen-bond donors (Lipinski definition) is 2. The van der Waals surface area contributed by atoms with Crippen LogP contribution in [-0.4, -0.2) is 43.0 Å². The van der Waals surface area contributed by atoms with Gasteiger partial charge in [0.1, 0.15) is 6.04 Å². The molecule has 8 nitrogen and oxygen atoms in total. The number of rotatable bonds is 5. The first-order chi connectivity index (χ1) is 9.47. The summed E-state index contributed by atoms with van der Waals surface area (Å²) in [5, 5.41) is 11.0. The molecule has 0 radical (unpaired) electrons. The van der Waals surface area contributed by atoms with Crippen LogP contribution in [0.1, 0.15) is 6.92 Å². The zero-order valence-electron chi connectivity index (χ0n) is 11.9. The first kappa shape index (κ1) is 14.5. The quantitative estimate of drug-likeness (QED) is 0.627. The second kappa shape index (κ2) is 5.59. The highest BCUT2D eigenvalue weighted by Gasteiger charge is 2.14. The lowest BCUT2D eigenvalue weighted by atomic mass is 10.3. The highest BCUT2D eigenvalue weighted by atomic mass is 16.3. The molecule has 2 rings (SSSR count). The summed E-state index contributed by atoms with van der Waals surface area (Å²) in [7, 11) is 3.06. The number of aromatic nitrogens is 4. The molecule has 0 amide bonds. The van der Waals surface area contributed by atoms with Gasteiger partial charge in [-0.3, -0.25) is 13.9 Å². The topological polar surface area (TPSA) is 98.7 Å². The van der Waals surface area contributed by atoms with E-state index in [0.717, 1.165) is 11.1 Å². The van der Waals surface area contributed by atoms with Gasteiger partial charge in [-0.1, -0.05) is 0 Å². The van der Waals surface area contributed by atoms with Crippen molar-refractivity contribution in [1.29, 1.82) is 0 Å². The molecule has 2 aromatic rings. The van der Waals surface area contributed by atoms with Gasteiger partial charge in [-0.2, -0.15) is 0 Å². The predicted molar refractivity (Wildman–Crippen MR) is 73.6 cm³/mol. The average molecular weight is 282 g/mol. The van der Waals surface area contributed by atoms with Gasteiger partial charge in [0, 0.05) is 14.1 Å². The highest BCUT2D eigenvalue weighted by Crippen LogP contribution is 2.04. The summed E-state index contributed by atoms with van der Waals surface area (Å²) in [6.07, 6.45) is 1.57. The molecule has 8 heteroatoms. The molecular formula is C12H20N5O3+. The van der Waals surface area contributed by atoms with Gasteiger partial charge in [-0.05, 0) is 6.92 Å². The van der Waals surface area contributed by atoms with Crippen molar-refractivity contribution in [3.05, 3.63) is 27.2 Å². The van der Waals surface area contributed by atoms with Gasteiger partial charge in [0.2, 0.25) is 0 Å². The van der Waals surface area contributed by atoms with Crippen molar-refractivity contribution in [3.63, 3.8) is 0 Å².